The highest BCUT2D eigenvalue weighted by molar-refractivity contribution is 5.27. The van der Waals surface area contributed by atoms with Crippen LogP contribution in [0.15, 0.2) is 24.3 Å². The van der Waals surface area contributed by atoms with E-state index in [1.807, 2.05) is 0 Å². The quantitative estimate of drug-likeness (QED) is 0.209. The predicted molar refractivity (Wildman–Crippen MR) is 133 cm³/mol. The molecule has 0 saturated carbocycles. The Morgan fingerprint density at radius 3 is 1.67 bits per heavy atom. The van der Waals surface area contributed by atoms with Crippen LogP contribution in [-0.2, 0) is 6.54 Å². The van der Waals surface area contributed by atoms with Gasteiger partial charge in [0.1, 0.15) is 5.75 Å². The van der Waals surface area contributed by atoms with Crippen LogP contribution in [0.5, 0.6) is 5.75 Å². The Hall–Kier alpha value is -1.06. The SMILES string of the molecule is CCCN(CCC)CCCCCCCCCCOc1ccc(CN(CC)CC)cc1. The highest BCUT2D eigenvalue weighted by atomic mass is 16.5. The van der Waals surface area contributed by atoms with Gasteiger partial charge in [-0.2, -0.15) is 0 Å². The first kappa shape index (κ1) is 27.0. The monoisotopic (exact) mass is 418 g/mol. The van der Waals surface area contributed by atoms with E-state index in [1.54, 1.807) is 0 Å². The molecule has 0 atom stereocenters. The maximum absolute atomic E-state index is 5.92. The molecule has 0 amide bonds. The van der Waals surface area contributed by atoms with Crippen molar-refractivity contribution in [3.63, 3.8) is 0 Å². The molecule has 0 radical (unpaired) electrons. The maximum atomic E-state index is 5.92. The third-order valence-electron chi connectivity index (χ3n) is 5.94. The van der Waals surface area contributed by atoms with Crippen molar-refractivity contribution in [1.29, 1.82) is 0 Å². The summed E-state index contributed by atoms with van der Waals surface area (Å²) < 4.78 is 5.92. The molecule has 0 fully saturated rings. The molecule has 0 aliphatic rings. The van der Waals surface area contributed by atoms with Gasteiger partial charge < -0.3 is 9.64 Å². The summed E-state index contributed by atoms with van der Waals surface area (Å²) in [6.45, 7) is 16.9. The molecule has 0 N–H and O–H groups in total. The molecule has 1 rings (SSSR count). The van der Waals surface area contributed by atoms with Crippen LogP contribution in [0.25, 0.3) is 0 Å². The molecule has 0 aliphatic heterocycles. The Balaban J connectivity index is 1.97. The Kier molecular flexibility index (Phi) is 16.8. The normalized spacial score (nSPS) is 11.5. The van der Waals surface area contributed by atoms with Crippen LogP contribution in [0.1, 0.15) is 97.5 Å². The summed E-state index contributed by atoms with van der Waals surface area (Å²) in [5.41, 5.74) is 1.37. The molecule has 174 valence electrons. The average molecular weight is 419 g/mol. The minimum absolute atomic E-state index is 0.847. The van der Waals surface area contributed by atoms with E-state index in [-0.39, 0.29) is 0 Å². The van der Waals surface area contributed by atoms with Crippen LogP contribution in [-0.4, -0.2) is 49.1 Å². The average Bonchev–Trinajstić information content (AvgIpc) is 2.77. The topological polar surface area (TPSA) is 15.7 Å². The van der Waals surface area contributed by atoms with E-state index in [0.717, 1.165) is 32.0 Å². The lowest BCUT2D eigenvalue weighted by molar-refractivity contribution is 0.267. The molecule has 0 aliphatic carbocycles. The van der Waals surface area contributed by atoms with Crippen LogP contribution in [0.4, 0.5) is 0 Å². The van der Waals surface area contributed by atoms with Crippen LogP contribution in [0.2, 0.25) is 0 Å². The van der Waals surface area contributed by atoms with Gasteiger partial charge in [-0.3, -0.25) is 4.90 Å². The summed E-state index contributed by atoms with van der Waals surface area (Å²) in [5, 5.41) is 0. The lowest BCUT2D eigenvalue weighted by Gasteiger charge is -2.20. The Labute approximate surface area is 188 Å². The molecule has 1 aromatic carbocycles. The van der Waals surface area contributed by atoms with Crippen molar-refractivity contribution in [2.75, 3.05) is 39.3 Å². The van der Waals surface area contributed by atoms with E-state index in [2.05, 4.69) is 61.8 Å². The third-order valence-corrected chi connectivity index (χ3v) is 5.94. The summed E-state index contributed by atoms with van der Waals surface area (Å²) >= 11 is 0. The Bertz CT molecular complexity index is 478. The fourth-order valence-electron chi connectivity index (χ4n) is 4.05. The lowest BCUT2D eigenvalue weighted by atomic mass is 10.1. The van der Waals surface area contributed by atoms with Crippen LogP contribution in [0.3, 0.4) is 0 Å². The smallest absolute Gasteiger partial charge is 0.119 e. The van der Waals surface area contributed by atoms with E-state index in [1.165, 1.54) is 89.4 Å². The first-order chi connectivity index (χ1) is 14.7. The zero-order valence-corrected chi connectivity index (χ0v) is 20.6. The van der Waals surface area contributed by atoms with Crippen LogP contribution < -0.4 is 4.74 Å². The second-order valence-electron chi connectivity index (χ2n) is 8.62. The number of hydrogen-bond donors (Lipinski definition) is 0. The first-order valence-electron chi connectivity index (χ1n) is 12.9. The van der Waals surface area contributed by atoms with Gasteiger partial charge in [-0.05, 0) is 76.1 Å². The second kappa shape index (κ2) is 18.7. The number of benzene rings is 1. The standard InChI is InChI=1S/C27H50N2O/c1-5-21-29(22-6-2)23-15-13-11-9-10-12-14-16-24-30-27-19-17-26(18-20-27)25-28(7-3)8-4/h17-20H,5-16,21-25H2,1-4H3. The molecule has 0 aromatic heterocycles. The number of nitrogens with zero attached hydrogens (tertiary/aromatic N) is 2. The minimum atomic E-state index is 0.847. The van der Waals surface area contributed by atoms with Gasteiger partial charge in [0.2, 0.25) is 0 Å². The van der Waals surface area contributed by atoms with E-state index < -0.39 is 0 Å². The molecule has 0 saturated heterocycles. The van der Waals surface area contributed by atoms with Crippen molar-refractivity contribution >= 4 is 0 Å². The largest absolute Gasteiger partial charge is 0.494 e. The molecular formula is C27H50N2O. The van der Waals surface area contributed by atoms with Crippen molar-refractivity contribution in [3.8, 4) is 5.75 Å². The van der Waals surface area contributed by atoms with Crippen LogP contribution >= 0.6 is 0 Å². The zero-order chi connectivity index (χ0) is 21.9. The molecule has 0 heterocycles. The number of hydrogen-bond acceptors (Lipinski definition) is 3. The van der Waals surface area contributed by atoms with Gasteiger partial charge in [0.05, 0.1) is 6.61 Å². The van der Waals surface area contributed by atoms with Crippen molar-refractivity contribution in [2.24, 2.45) is 0 Å². The summed E-state index contributed by atoms with van der Waals surface area (Å²) in [6.07, 6.45) is 13.3. The number of rotatable bonds is 20. The fraction of sp³-hybridized carbons (Fsp3) is 0.778. The summed E-state index contributed by atoms with van der Waals surface area (Å²) in [4.78, 5) is 5.07. The van der Waals surface area contributed by atoms with E-state index in [4.69, 9.17) is 4.74 Å². The van der Waals surface area contributed by atoms with Gasteiger partial charge in [-0.1, -0.05) is 78.4 Å². The first-order valence-corrected chi connectivity index (χ1v) is 12.9. The molecule has 0 spiro atoms. The predicted octanol–water partition coefficient (Wildman–Crippen LogP) is 7.15. The van der Waals surface area contributed by atoms with Gasteiger partial charge in [-0.15, -0.1) is 0 Å². The molecule has 1 aromatic rings. The van der Waals surface area contributed by atoms with E-state index >= 15 is 0 Å². The zero-order valence-electron chi connectivity index (χ0n) is 20.6. The summed E-state index contributed by atoms with van der Waals surface area (Å²) in [7, 11) is 0. The number of unbranched alkanes of at least 4 members (excludes halogenated alkanes) is 7. The van der Waals surface area contributed by atoms with Crippen molar-refractivity contribution in [2.45, 2.75) is 98.4 Å². The summed E-state index contributed by atoms with van der Waals surface area (Å²) in [6, 6.07) is 8.66. The minimum Gasteiger partial charge on any atom is -0.494 e. The molecular weight excluding hydrogens is 368 g/mol. The highest BCUT2D eigenvalue weighted by Gasteiger charge is 2.03. The van der Waals surface area contributed by atoms with Gasteiger partial charge >= 0.3 is 0 Å². The van der Waals surface area contributed by atoms with Gasteiger partial charge in [0.15, 0.2) is 0 Å². The maximum Gasteiger partial charge on any atom is 0.119 e. The molecule has 0 unspecified atom stereocenters. The Morgan fingerprint density at radius 1 is 0.600 bits per heavy atom. The van der Waals surface area contributed by atoms with E-state index in [9.17, 15) is 0 Å². The molecule has 3 nitrogen and oxygen atoms in total. The molecule has 30 heavy (non-hydrogen) atoms. The molecule has 0 bridgehead atoms. The van der Waals surface area contributed by atoms with Gasteiger partial charge in [0, 0.05) is 6.54 Å². The van der Waals surface area contributed by atoms with Crippen LogP contribution in [0, 0.1) is 0 Å². The van der Waals surface area contributed by atoms with E-state index in [0.29, 0.717) is 0 Å². The lowest BCUT2D eigenvalue weighted by Crippen LogP contribution is -2.26. The second-order valence-corrected chi connectivity index (χ2v) is 8.62. The van der Waals surface area contributed by atoms with Gasteiger partial charge in [0.25, 0.3) is 0 Å². The Morgan fingerprint density at radius 2 is 1.13 bits per heavy atom. The fourth-order valence-corrected chi connectivity index (χ4v) is 4.05. The van der Waals surface area contributed by atoms with Crippen molar-refractivity contribution in [1.82, 2.24) is 9.80 Å². The summed E-state index contributed by atoms with van der Waals surface area (Å²) in [5.74, 6) is 1.01. The third kappa shape index (κ3) is 13.3. The van der Waals surface area contributed by atoms with Crippen molar-refractivity contribution in [3.05, 3.63) is 29.8 Å². The number of ether oxygens (including phenoxy) is 1. The molecule has 3 heteroatoms. The highest BCUT2D eigenvalue weighted by Crippen LogP contribution is 2.15. The van der Waals surface area contributed by atoms with Crippen molar-refractivity contribution < 1.29 is 4.74 Å². The van der Waals surface area contributed by atoms with Gasteiger partial charge in [-0.25, -0.2) is 0 Å².